The highest BCUT2D eigenvalue weighted by Crippen LogP contribution is 2.22. The summed E-state index contributed by atoms with van der Waals surface area (Å²) in [5.41, 5.74) is 8.62. The molecule has 21 heavy (non-hydrogen) atoms. The number of amides is 2. The van der Waals surface area contributed by atoms with E-state index in [1.807, 2.05) is 6.07 Å². The van der Waals surface area contributed by atoms with Gasteiger partial charge in [0.25, 0.3) is 5.91 Å². The Kier molecular flexibility index (Phi) is 4.20. The third-order valence-corrected chi connectivity index (χ3v) is 4.07. The molecule has 2 amide bonds. The first kappa shape index (κ1) is 14.1. The summed E-state index contributed by atoms with van der Waals surface area (Å²) in [6, 6.07) is 6.20. The van der Waals surface area contributed by atoms with Gasteiger partial charge in [0.1, 0.15) is 6.10 Å². The van der Waals surface area contributed by atoms with E-state index in [9.17, 15) is 9.59 Å². The molecule has 1 heterocycles. The number of ether oxygens (including phenoxy) is 1. The van der Waals surface area contributed by atoms with Crippen LogP contribution in [0.3, 0.4) is 0 Å². The molecule has 0 bridgehead atoms. The summed E-state index contributed by atoms with van der Waals surface area (Å²) in [6.07, 6.45) is 4.89. The van der Waals surface area contributed by atoms with E-state index >= 15 is 0 Å². The minimum Gasteiger partial charge on any atom is -0.368 e. The van der Waals surface area contributed by atoms with Crippen LogP contribution >= 0.6 is 0 Å². The zero-order chi connectivity index (χ0) is 14.7. The van der Waals surface area contributed by atoms with Crippen molar-refractivity contribution in [1.29, 1.82) is 0 Å². The predicted molar refractivity (Wildman–Crippen MR) is 77.4 cm³/mol. The summed E-state index contributed by atoms with van der Waals surface area (Å²) in [4.78, 5) is 23.6. The Morgan fingerprint density at radius 3 is 2.81 bits per heavy atom. The van der Waals surface area contributed by atoms with Crippen LogP contribution in [0.15, 0.2) is 18.2 Å². The number of hydrazine groups is 1. The first-order valence-electron chi connectivity index (χ1n) is 7.53. The van der Waals surface area contributed by atoms with E-state index in [2.05, 4.69) is 23.0 Å². The Balaban J connectivity index is 1.48. The van der Waals surface area contributed by atoms with Crippen LogP contribution in [-0.2, 0) is 33.6 Å². The van der Waals surface area contributed by atoms with Crippen molar-refractivity contribution in [3.05, 3.63) is 34.9 Å². The number of aryl methyl sites for hydroxylation is 2. The SMILES string of the molecule is O=C(Cc1ccc2c(c1)CCC2)NNC(=O)C1CCCO1. The number of nitrogens with one attached hydrogen (secondary N) is 2. The monoisotopic (exact) mass is 288 g/mol. The van der Waals surface area contributed by atoms with Crippen molar-refractivity contribution in [2.75, 3.05) is 6.61 Å². The van der Waals surface area contributed by atoms with Gasteiger partial charge in [0.2, 0.25) is 5.91 Å². The van der Waals surface area contributed by atoms with Gasteiger partial charge in [-0.1, -0.05) is 18.2 Å². The number of fused-ring (bicyclic) bond motifs is 1. The Hall–Kier alpha value is -1.88. The fraction of sp³-hybridized carbons (Fsp3) is 0.500. The highest BCUT2D eigenvalue weighted by Gasteiger charge is 2.23. The molecule has 2 aliphatic rings. The second kappa shape index (κ2) is 6.26. The van der Waals surface area contributed by atoms with Gasteiger partial charge in [-0.15, -0.1) is 0 Å². The van der Waals surface area contributed by atoms with Gasteiger partial charge in [0.05, 0.1) is 6.42 Å². The van der Waals surface area contributed by atoms with Crippen LogP contribution in [0.4, 0.5) is 0 Å². The lowest BCUT2D eigenvalue weighted by Crippen LogP contribution is -2.46. The van der Waals surface area contributed by atoms with E-state index in [0.717, 1.165) is 24.8 Å². The van der Waals surface area contributed by atoms with Crippen molar-refractivity contribution >= 4 is 11.8 Å². The van der Waals surface area contributed by atoms with E-state index in [1.54, 1.807) is 0 Å². The smallest absolute Gasteiger partial charge is 0.267 e. The van der Waals surface area contributed by atoms with Crippen LogP contribution in [0.2, 0.25) is 0 Å². The molecule has 112 valence electrons. The number of carbonyl (C=O) groups is 2. The summed E-state index contributed by atoms with van der Waals surface area (Å²) >= 11 is 0. The molecule has 1 fully saturated rings. The fourth-order valence-electron chi connectivity index (χ4n) is 2.96. The summed E-state index contributed by atoms with van der Waals surface area (Å²) in [6.45, 7) is 0.612. The van der Waals surface area contributed by atoms with Crippen molar-refractivity contribution in [1.82, 2.24) is 10.9 Å². The maximum Gasteiger partial charge on any atom is 0.267 e. The second-order valence-corrected chi connectivity index (χ2v) is 5.67. The Bertz CT molecular complexity index is 550. The lowest BCUT2D eigenvalue weighted by atomic mass is 10.0. The fourth-order valence-corrected chi connectivity index (χ4v) is 2.96. The van der Waals surface area contributed by atoms with Gasteiger partial charge in [0.15, 0.2) is 0 Å². The molecule has 0 saturated carbocycles. The second-order valence-electron chi connectivity index (χ2n) is 5.67. The first-order chi connectivity index (χ1) is 10.2. The molecule has 1 aliphatic carbocycles. The first-order valence-corrected chi connectivity index (χ1v) is 7.53. The average molecular weight is 288 g/mol. The predicted octanol–water partition coefficient (Wildman–Crippen LogP) is 1.04. The number of hydrogen-bond donors (Lipinski definition) is 2. The Labute approximate surface area is 124 Å². The van der Waals surface area contributed by atoms with Gasteiger partial charge < -0.3 is 4.74 Å². The van der Waals surface area contributed by atoms with Gasteiger partial charge in [0, 0.05) is 6.61 Å². The molecule has 2 N–H and O–H groups in total. The lowest BCUT2D eigenvalue weighted by molar-refractivity contribution is -0.134. The molecule has 5 heteroatoms. The summed E-state index contributed by atoms with van der Waals surface area (Å²) < 4.78 is 5.25. The largest absolute Gasteiger partial charge is 0.368 e. The minimum absolute atomic E-state index is 0.209. The molecule has 5 nitrogen and oxygen atoms in total. The minimum atomic E-state index is -0.426. The number of benzene rings is 1. The number of rotatable bonds is 3. The standard InChI is InChI=1S/C16H20N2O3/c19-15(17-18-16(20)14-5-2-8-21-14)10-11-6-7-12-3-1-4-13(12)9-11/h6-7,9,14H,1-5,8,10H2,(H,17,19)(H,18,20). The highest BCUT2D eigenvalue weighted by molar-refractivity contribution is 5.85. The maximum atomic E-state index is 11.9. The topological polar surface area (TPSA) is 67.4 Å². The molecule has 1 saturated heterocycles. The van der Waals surface area contributed by atoms with Gasteiger partial charge in [-0.2, -0.15) is 0 Å². The normalized spacial score (nSPS) is 20.1. The van der Waals surface area contributed by atoms with Gasteiger partial charge in [-0.3, -0.25) is 20.4 Å². The number of hydrogen-bond acceptors (Lipinski definition) is 3. The van der Waals surface area contributed by atoms with E-state index in [-0.39, 0.29) is 18.2 Å². The lowest BCUT2D eigenvalue weighted by Gasteiger charge is -2.11. The molecule has 0 spiro atoms. The molecule has 3 rings (SSSR count). The maximum absolute atomic E-state index is 11.9. The molecular weight excluding hydrogens is 268 g/mol. The van der Waals surface area contributed by atoms with Crippen LogP contribution in [0.5, 0.6) is 0 Å². The summed E-state index contributed by atoms with van der Waals surface area (Å²) in [5, 5.41) is 0. The van der Waals surface area contributed by atoms with E-state index in [0.29, 0.717) is 13.0 Å². The Morgan fingerprint density at radius 2 is 2.00 bits per heavy atom. The molecule has 0 aromatic heterocycles. The van der Waals surface area contributed by atoms with E-state index < -0.39 is 6.10 Å². The highest BCUT2D eigenvalue weighted by atomic mass is 16.5. The molecule has 1 unspecified atom stereocenters. The molecule has 1 aromatic carbocycles. The van der Waals surface area contributed by atoms with Crippen molar-refractivity contribution in [3.8, 4) is 0 Å². The summed E-state index contributed by atoms with van der Waals surface area (Å²) in [5.74, 6) is -0.478. The van der Waals surface area contributed by atoms with Gasteiger partial charge in [-0.25, -0.2) is 0 Å². The van der Waals surface area contributed by atoms with Crippen molar-refractivity contribution in [3.63, 3.8) is 0 Å². The Morgan fingerprint density at radius 1 is 1.14 bits per heavy atom. The molecule has 1 aliphatic heterocycles. The van der Waals surface area contributed by atoms with Crippen LogP contribution in [0.25, 0.3) is 0 Å². The van der Waals surface area contributed by atoms with E-state index in [1.165, 1.54) is 17.5 Å². The quantitative estimate of drug-likeness (QED) is 0.817. The van der Waals surface area contributed by atoms with Crippen molar-refractivity contribution in [2.24, 2.45) is 0 Å². The van der Waals surface area contributed by atoms with Crippen LogP contribution in [0.1, 0.15) is 36.0 Å². The van der Waals surface area contributed by atoms with Crippen LogP contribution in [-0.4, -0.2) is 24.5 Å². The van der Waals surface area contributed by atoms with E-state index in [4.69, 9.17) is 4.74 Å². The van der Waals surface area contributed by atoms with Gasteiger partial charge in [-0.05, 0) is 48.8 Å². The molecule has 1 atom stereocenters. The van der Waals surface area contributed by atoms with Crippen molar-refractivity contribution < 1.29 is 14.3 Å². The summed E-state index contributed by atoms with van der Waals surface area (Å²) in [7, 11) is 0. The molecule has 0 radical (unpaired) electrons. The molecule has 1 aromatic rings. The van der Waals surface area contributed by atoms with Crippen molar-refractivity contribution in [2.45, 2.75) is 44.6 Å². The number of carbonyl (C=O) groups excluding carboxylic acids is 2. The third-order valence-electron chi connectivity index (χ3n) is 4.07. The average Bonchev–Trinajstić information content (AvgIpc) is 3.15. The zero-order valence-corrected chi connectivity index (χ0v) is 12.0. The molecular formula is C16H20N2O3. The van der Waals surface area contributed by atoms with Crippen LogP contribution in [0, 0.1) is 0 Å². The zero-order valence-electron chi connectivity index (χ0n) is 12.0. The third kappa shape index (κ3) is 3.42. The van der Waals surface area contributed by atoms with Crippen LogP contribution < -0.4 is 10.9 Å². The van der Waals surface area contributed by atoms with Gasteiger partial charge >= 0.3 is 0 Å².